The minimum Gasteiger partial charge on any atom is -0.453 e. The Balaban J connectivity index is 1.98. The Morgan fingerprint density at radius 1 is 1.20 bits per heavy atom. The average Bonchev–Trinajstić information content (AvgIpc) is 2.60. The van der Waals surface area contributed by atoms with Crippen LogP contribution >= 0.6 is 11.6 Å². The number of non-ortho nitro benzene ring substituents is 1. The number of methoxy groups -OCH3 is 1. The van der Waals surface area contributed by atoms with E-state index in [0.717, 1.165) is 11.6 Å². The fraction of sp³-hybridized carbons (Fsp3) is 0.125. The number of anilines is 1. The van der Waals surface area contributed by atoms with E-state index in [2.05, 4.69) is 15.4 Å². The van der Waals surface area contributed by atoms with E-state index in [1.54, 1.807) is 24.3 Å². The number of rotatable bonds is 5. The Morgan fingerprint density at radius 3 is 2.44 bits per heavy atom. The SMILES string of the molecule is COC(=O)Nc1ccc(CNC(=O)c2ccc([N+](=O)[O-])cc2Cl)cc1. The first kappa shape index (κ1) is 18.2. The first-order chi connectivity index (χ1) is 11.9. The Morgan fingerprint density at radius 2 is 1.88 bits per heavy atom. The summed E-state index contributed by atoms with van der Waals surface area (Å²) in [6.07, 6.45) is -0.575. The summed E-state index contributed by atoms with van der Waals surface area (Å²) in [5, 5.41) is 15.9. The van der Waals surface area contributed by atoms with Gasteiger partial charge >= 0.3 is 6.09 Å². The highest BCUT2D eigenvalue weighted by Gasteiger charge is 2.14. The molecule has 0 aliphatic carbocycles. The smallest absolute Gasteiger partial charge is 0.411 e. The second kappa shape index (κ2) is 8.11. The molecule has 0 heterocycles. The molecule has 0 spiro atoms. The van der Waals surface area contributed by atoms with Gasteiger partial charge < -0.3 is 10.1 Å². The minimum atomic E-state index is -0.586. The molecular weight excluding hydrogens is 350 g/mol. The van der Waals surface area contributed by atoms with Gasteiger partial charge in [0.05, 0.1) is 22.6 Å². The summed E-state index contributed by atoms with van der Waals surface area (Å²) in [6, 6.07) is 10.4. The van der Waals surface area contributed by atoms with E-state index >= 15 is 0 Å². The Kier molecular flexibility index (Phi) is 5.91. The number of halogens is 1. The molecule has 2 amide bonds. The van der Waals surface area contributed by atoms with Crippen LogP contribution in [0.25, 0.3) is 0 Å². The van der Waals surface area contributed by atoms with Crippen LogP contribution in [0.2, 0.25) is 5.02 Å². The van der Waals surface area contributed by atoms with Crippen LogP contribution in [0.3, 0.4) is 0 Å². The number of benzene rings is 2. The molecule has 0 saturated heterocycles. The van der Waals surface area contributed by atoms with E-state index in [1.165, 1.54) is 19.2 Å². The van der Waals surface area contributed by atoms with E-state index < -0.39 is 16.9 Å². The number of nitrogens with one attached hydrogen (secondary N) is 2. The molecule has 0 saturated carbocycles. The molecule has 0 bridgehead atoms. The molecule has 0 radical (unpaired) electrons. The zero-order valence-corrected chi connectivity index (χ0v) is 13.9. The van der Waals surface area contributed by atoms with Gasteiger partial charge in [-0.3, -0.25) is 20.2 Å². The molecule has 9 heteroatoms. The standard InChI is InChI=1S/C16H14ClN3O5/c1-25-16(22)19-11-4-2-10(3-5-11)9-18-15(21)13-7-6-12(20(23)24)8-14(13)17/h2-8H,9H2,1H3,(H,18,21)(H,19,22). The highest BCUT2D eigenvalue weighted by molar-refractivity contribution is 6.34. The second-order valence-corrected chi connectivity index (χ2v) is 5.32. The van der Waals surface area contributed by atoms with Crippen LogP contribution in [0.5, 0.6) is 0 Å². The van der Waals surface area contributed by atoms with Crippen LogP contribution in [-0.2, 0) is 11.3 Å². The van der Waals surface area contributed by atoms with Gasteiger partial charge in [-0.05, 0) is 23.8 Å². The van der Waals surface area contributed by atoms with Gasteiger partial charge in [0.2, 0.25) is 0 Å². The van der Waals surface area contributed by atoms with Crippen LogP contribution < -0.4 is 10.6 Å². The predicted octanol–water partition coefficient (Wildman–Crippen LogP) is 3.36. The summed E-state index contributed by atoms with van der Waals surface area (Å²) >= 11 is 5.92. The fourth-order valence-electron chi connectivity index (χ4n) is 1.95. The minimum absolute atomic E-state index is 0.00401. The molecule has 0 aromatic heterocycles. The number of carbonyl (C=O) groups is 2. The number of nitro benzene ring substituents is 1. The van der Waals surface area contributed by atoms with Gasteiger partial charge in [-0.2, -0.15) is 0 Å². The van der Waals surface area contributed by atoms with E-state index in [1.807, 2.05) is 0 Å². The van der Waals surface area contributed by atoms with Gasteiger partial charge in [0.25, 0.3) is 11.6 Å². The third kappa shape index (κ3) is 4.92. The Labute approximate surface area is 147 Å². The molecule has 0 atom stereocenters. The lowest BCUT2D eigenvalue weighted by Crippen LogP contribution is -2.23. The van der Waals surface area contributed by atoms with Crippen LogP contribution in [-0.4, -0.2) is 24.0 Å². The molecule has 25 heavy (non-hydrogen) atoms. The molecule has 0 unspecified atom stereocenters. The van der Waals surface area contributed by atoms with Gasteiger partial charge in [0.1, 0.15) is 0 Å². The lowest BCUT2D eigenvalue weighted by molar-refractivity contribution is -0.384. The van der Waals surface area contributed by atoms with Crippen molar-refractivity contribution in [3.8, 4) is 0 Å². The van der Waals surface area contributed by atoms with Crippen molar-refractivity contribution >= 4 is 35.0 Å². The predicted molar refractivity (Wildman–Crippen MR) is 91.7 cm³/mol. The maximum Gasteiger partial charge on any atom is 0.411 e. The summed E-state index contributed by atoms with van der Waals surface area (Å²) in [5.74, 6) is -0.448. The van der Waals surface area contributed by atoms with Crippen molar-refractivity contribution < 1.29 is 19.2 Å². The molecule has 2 rings (SSSR count). The molecule has 0 fully saturated rings. The van der Waals surface area contributed by atoms with Crippen LogP contribution in [0.15, 0.2) is 42.5 Å². The quantitative estimate of drug-likeness (QED) is 0.625. The van der Waals surface area contributed by atoms with Crippen molar-refractivity contribution in [2.75, 3.05) is 12.4 Å². The first-order valence-electron chi connectivity index (χ1n) is 7.06. The number of nitrogens with zero attached hydrogens (tertiary/aromatic N) is 1. The zero-order valence-electron chi connectivity index (χ0n) is 13.1. The van der Waals surface area contributed by atoms with E-state index in [4.69, 9.17) is 11.6 Å². The zero-order chi connectivity index (χ0) is 18.4. The lowest BCUT2D eigenvalue weighted by atomic mass is 10.1. The maximum absolute atomic E-state index is 12.1. The van der Waals surface area contributed by atoms with Crippen molar-refractivity contribution in [3.05, 3.63) is 68.7 Å². The van der Waals surface area contributed by atoms with Gasteiger partial charge in [-0.15, -0.1) is 0 Å². The second-order valence-electron chi connectivity index (χ2n) is 4.92. The van der Waals surface area contributed by atoms with Gasteiger partial charge in [0.15, 0.2) is 0 Å². The van der Waals surface area contributed by atoms with Crippen LogP contribution in [0, 0.1) is 10.1 Å². The summed E-state index contributed by atoms with van der Waals surface area (Å²) in [4.78, 5) is 33.3. The van der Waals surface area contributed by atoms with Gasteiger partial charge in [0, 0.05) is 24.4 Å². The van der Waals surface area contributed by atoms with Crippen molar-refractivity contribution in [2.24, 2.45) is 0 Å². The number of nitro groups is 1. The van der Waals surface area contributed by atoms with Crippen LogP contribution in [0.1, 0.15) is 15.9 Å². The molecule has 0 aliphatic rings. The van der Waals surface area contributed by atoms with Crippen LogP contribution in [0.4, 0.5) is 16.2 Å². The van der Waals surface area contributed by atoms with E-state index in [9.17, 15) is 19.7 Å². The average molecular weight is 364 g/mol. The Hall–Kier alpha value is -3.13. The van der Waals surface area contributed by atoms with Crippen molar-refractivity contribution in [1.82, 2.24) is 5.32 Å². The molecule has 8 nitrogen and oxygen atoms in total. The maximum atomic E-state index is 12.1. The third-order valence-corrected chi connectivity index (χ3v) is 3.56. The molecule has 2 N–H and O–H groups in total. The van der Waals surface area contributed by atoms with Gasteiger partial charge in [-0.25, -0.2) is 4.79 Å². The highest BCUT2D eigenvalue weighted by Crippen LogP contribution is 2.22. The topological polar surface area (TPSA) is 111 Å². The summed E-state index contributed by atoms with van der Waals surface area (Å²) in [6.45, 7) is 0.227. The third-order valence-electron chi connectivity index (χ3n) is 3.25. The fourth-order valence-corrected chi connectivity index (χ4v) is 2.21. The molecular formula is C16H14ClN3O5. The molecule has 130 valence electrons. The largest absolute Gasteiger partial charge is 0.453 e. The van der Waals surface area contributed by atoms with Crippen molar-refractivity contribution in [2.45, 2.75) is 6.54 Å². The summed E-state index contributed by atoms with van der Waals surface area (Å²) in [7, 11) is 1.27. The number of ether oxygens (including phenoxy) is 1. The number of hydrogen-bond donors (Lipinski definition) is 2. The highest BCUT2D eigenvalue weighted by atomic mass is 35.5. The number of hydrogen-bond acceptors (Lipinski definition) is 5. The van der Waals surface area contributed by atoms with Gasteiger partial charge in [-0.1, -0.05) is 23.7 Å². The van der Waals surface area contributed by atoms with Crippen molar-refractivity contribution in [3.63, 3.8) is 0 Å². The number of carbonyl (C=O) groups excluding carboxylic acids is 2. The van der Waals surface area contributed by atoms with E-state index in [0.29, 0.717) is 5.69 Å². The molecule has 2 aromatic carbocycles. The lowest BCUT2D eigenvalue weighted by Gasteiger charge is -2.08. The molecule has 0 aliphatic heterocycles. The molecule has 2 aromatic rings. The first-order valence-corrected chi connectivity index (χ1v) is 7.44. The Bertz CT molecular complexity index is 808. The van der Waals surface area contributed by atoms with Crippen molar-refractivity contribution in [1.29, 1.82) is 0 Å². The number of amides is 2. The normalized spacial score (nSPS) is 10.0. The summed E-state index contributed by atoms with van der Waals surface area (Å²) in [5.41, 5.74) is 1.31. The van der Waals surface area contributed by atoms with E-state index in [-0.39, 0.29) is 22.8 Å². The summed E-state index contributed by atoms with van der Waals surface area (Å²) < 4.78 is 4.49. The monoisotopic (exact) mass is 363 g/mol.